The van der Waals surface area contributed by atoms with Gasteiger partial charge in [0.25, 0.3) is 0 Å². The van der Waals surface area contributed by atoms with E-state index in [1.807, 2.05) is 24.3 Å². The fourth-order valence-corrected chi connectivity index (χ4v) is 2.04. The molecule has 0 radical (unpaired) electrons. The predicted octanol–water partition coefficient (Wildman–Crippen LogP) is 2.76. The van der Waals surface area contributed by atoms with Crippen molar-refractivity contribution in [2.45, 2.75) is 6.42 Å². The number of carbonyl (C=O) groups is 1. The molecule has 0 spiro atoms. The minimum absolute atomic E-state index is 0.156. The third kappa shape index (κ3) is 2.47. The largest absolute Gasteiger partial charge is 0.478 e. The van der Waals surface area contributed by atoms with Gasteiger partial charge in [-0.3, -0.25) is 0 Å². The number of hydrogen-bond acceptors (Lipinski definition) is 3. The maximum Gasteiger partial charge on any atom is 0.336 e. The van der Waals surface area contributed by atoms with Gasteiger partial charge in [0.15, 0.2) is 0 Å². The summed E-state index contributed by atoms with van der Waals surface area (Å²) in [7, 11) is 0. The van der Waals surface area contributed by atoms with Crippen LogP contribution in [0.1, 0.15) is 15.9 Å². The molecule has 1 heterocycles. The zero-order chi connectivity index (χ0) is 13.8. The SMILES string of the molecule is C=CCc1ccccc1-c1c(C(=O)O)ccnc1N. The Labute approximate surface area is 111 Å². The van der Waals surface area contributed by atoms with Crippen molar-refractivity contribution in [2.75, 3.05) is 5.73 Å². The number of nitrogens with two attached hydrogens (primary N) is 1. The van der Waals surface area contributed by atoms with E-state index in [2.05, 4.69) is 11.6 Å². The van der Waals surface area contributed by atoms with Crippen molar-refractivity contribution in [1.29, 1.82) is 0 Å². The second-order valence-electron chi connectivity index (χ2n) is 4.07. The molecule has 0 aliphatic carbocycles. The molecule has 0 fully saturated rings. The Morgan fingerprint density at radius 3 is 2.79 bits per heavy atom. The van der Waals surface area contributed by atoms with E-state index in [0.717, 1.165) is 11.1 Å². The summed E-state index contributed by atoms with van der Waals surface area (Å²) < 4.78 is 0. The lowest BCUT2D eigenvalue weighted by Crippen LogP contribution is -2.05. The van der Waals surface area contributed by atoms with Gasteiger partial charge in [0.2, 0.25) is 0 Å². The van der Waals surface area contributed by atoms with Crippen LogP contribution in [0.3, 0.4) is 0 Å². The third-order valence-electron chi connectivity index (χ3n) is 2.86. The highest BCUT2D eigenvalue weighted by Gasteiger charge is 2.17. The molecule has 0 amide bonds. The number of anilines is 1. The first-order valence-corrected chi connectivity index (χ1v) is 5.82. The molecule has 4 heteroatoms. The number of aromatic nitrogens is 1. The van der Waals surface area contributed by atoms with E-state index >= 15 is 0 Å². The van der Waals surface area contributed by atoms with Crippen molar-refractivity contribution in [2.24, 2.45) is 0 Å². The van der Waals surface area contributed by atoms with Crippen LogP contribution < -0.4 is 5.73 Å². The molecule has 0 aliphatic heterocycles. The van der Waals surface area contributed by atoms with Crippen molar-refractivity contribution in [3.05, 3.63) is 60.3 Å². The highest BCUT2D eigenvalue weighted by atomic mass is 16.4. The Morgan fingerprint density at radius 1 is 1.37 bits per heavy atom. The number of rotatable bonds is 4. The molecule has 4 nitrogen and oxygen atoms in total. The van der Waals surface area contributed by atoms with Gasteiger partial charge in [-0.15, -0.1) is 6.58 Å². The van der Waals surface area contributed by atoms with E-state index in [0.29, 0.717) is 12.0 Å². The van der Waals surface area contributed by atoms with Crippen LogP contribution >= 0.6 is 0 Å². The molecule has 0 bridgehead atoms. The fraction of sp³-hybridized carbons (Fsp3) is 0.0667. The van der Waals surface area contributed by atoms with Crippen LogP contribution in [0.15, 0.2) is 49.2 Å². The predicted molar refractivity (Wildman–Crippen MR) is 74.9 cm³/mol. The first-order chi connectivity index (χ1) is 9.15. The van der Waals surface area contributed by atoms with Crippen LogP contribution in [0.25, 0.3) is 11.1 Å². The van der Waals surface area contributed by atoms with Gasteiger partial charge in [-0.1, -0.05) is 30.3 Å². The van der Waals surface area contributed by atoms with Crippen LogP contribution in [-0.4, -0.2) is 16.1 Å². The maximum atomic E-state index is 11.3. The van der Waals surface area contributed by atoms with Gasteiger partial charge in [0.05, 0.1) is 5.56 Å². The lowest BCUT2D eigenvalue weighted by atomic mass is 9.94. The van der Waals surface area contributed by atoms with Crippen LogP contribution in [0.5, 0.6) is 0 Å². The van der Waals surface area contributed by atoms with Crippen molar-refractivity contribution in [3.63, 3.8) is 0 Å². The van der Waals surface area contributed by atoms with Gasteiger partial charge in [-0.2, -0.15) is 0 Å². The number of benzene rings is 1. The third-order valence-corrected chi connectivity index (χ3v) is 2.86. The van der Waals surface area contributed by atoms with Crippen molar-refractivity contribution in [1.82, 2.24) is 4.98 Å². The average Bonchev–Trinajstić information content (AvgIpc) is 2.40. The highest BCUT2D eigenvalue weighted by Crippen LogP contribution is 2.31. The summed E-state index contributed by atoms with van der Waals surface area (Å²) in [5, 5.41) is 9.27. The first-order valence-electron chi connectivity index (χ1n) is 5.82. The fourth-order valence-electron chi connectivity index (χ4n) is 2.04. The molecule has 19 heavy (non-hydrogen) atoms. The number of hydrogen-bond donors (Lipinski definition) is 2. The number of carboxylic acids is 1. The molecule has 1 aromatic heterocycles. The molecule has 2 rings (SSSR count). The molecule has 0 aliphatic rings. The Balaban J connectivity index is 2.71. The lowest BCUT2D eigenvalue weighted by molar-refractivity contribution is 0.0697. The summed E-state index contributed by atoms with van der Waals surface area (Å²) in [5.41, 5.74) is 8.23. The molecule has 0 saturated carbocycles. The van der Waals surface area contributed by atoms with Crippen LogP contribution in [-0.2, 0) is 6.42 Å². The van der Waals surface area contributed by atoms with Crippen LogP contribution in [0, 0.1) is 0 Å². The second kappa shape index (κ2) is 5.35. The number of allylic oxidation sites excluding steroid dienone is 1. The summed E-state index contributed by atoms with van der Waals surface area (Å²) in [5.74, 6) is -0.797. The number of pyridine rings is 1. The van der Waals surface area contributed by atoms with Gasteiger partial charge >= 0.3 is 5.97 Å². The Morgan fingerprint density at radius 2 is 2.11 bits per heavy atom. The Bertz CT molecular complexity index is 636. The molecule has 0 unspecified atom stereocenters. The maximum absolute atomic E-state index is 11.3. The molecule has 96 valence electrons. The summed E-state index contributed by atoms with van der Waals surface area (Å²) in [4.78, 5) is 15.3. The zero-order valence-corrected chi connectivity index (χ0v) is 10.3. The monoisotopic (exact) mass is 254 g/mol. The summed E-state index contributed by atoms with van der Waals surface area (Å²) in [6.07, 6.45) is 3.81. The van der Waals surface area contributed by atoms with E-state index in [9.17, 15) is 9.90 Å². The normalized spacial score (nSPS) is 10.1. The molecule has 3 N–H and O–H groups in total. The smallest absolute Gasteiger partial charge is 0.336 e. The van der Waals surface area contributed by atoms with Crippen LogP contribution in [0.2, 0.25) is 0 Å². The minimum atomic E-state index is -1.02. The van der Waals surface area contributed by atoms with Crippen LogP contribution in [0.4, 0.5) is 5.82 Å². The standard InChI is InChI=1S/C15H14N2O2/c1-2-5-10-6-3-4-7-11(10)13-12(15(18)19)8-9-17-14(13)16/h2-4,6-9H,1,5H2,(H2,16,17)(H,18,19). The lowest BCUT2D eigenvalue weighted by Gasteiger charge is -2.12. The second-order valence-corrected chi connectivity index (χ2v) is 4.07. The highest BCUT2D eigenvalue weighted by molar-refractivity contribution is 5.99. The summed E-state index contributed by atoms with van der Waals surface area (Å²) in [6, 6.07) is 8.97. The van der Waals surface area contributed by atoms with Gasteiger partial charge in [0.1, 0.15) is 5.82 Å². The molecule has 1 aromatic carbocycles. The van der Waals surface area contributed by atoms with Gasteiger partial charge in [0, 0.05) is 11.8 Å². The Kier molecular flexibility index (Phi) is 3.61. The van der Waals surface area contributed by atoms with E-state index < -0.39 is 5.97 Å². The quantitative estimate of drug-likeness (QED) is 0.822. The van der Waals surface area contributed by atoms with E-state index in [1.54, 1.807) is 6.08 Å². The number of nitrogens with zero attached hydrogens (tertiary/aromatic N) is 1. The topological polar surface area (TPSA) is 76.2 Å². The van der Waals surface area contributed by atoms with Gasteiger partial charge < -0.3 is 10.8 Å². The summed E-state index contributed by atoms with van der Waals surface area (Å²) in [6.45, 7) is 3.71. The Hall–Kier alpha value is -2.62. The summed E-state index contributed by atoms with van der Waals surface area (Å²) >= 11 is 0. The number of aromatic carboxylic acids is 1. The number of carboxylic acid groups (broad SMARTS) is 1. The van der Waals surface area contributed by atoms with Gasteiger partial charge in [-0.25, -0.2) is 9.78 Å². The van der Waals surface area contributed by atoms with Crippen molar-refractivity contribution >= 4 is 11.8 Å². The first kappa shape index (κ1) is 12.8. The molecular weight excluding hydrogens is 240 g/mol. The average molecular weight is 254 g/mol. The molecule has 0 saturated heterocycles. The number of nitrogen functional groups attached to an aromatic ring is 1. The van der Waals surface area contributed by atoms with E-state index in [1.165, 1.54) is 12.3 Å². The van der Waals surface area contributed by atoms with Crippen molar-refractivity contribution < 1.29 is 9.90 Å². The molecule has 2 aromatic rings. The van der Waals surface area contributed by atoms with E-state index in [4.69, 9.17) is 5.73 Å². The van der Waals surface area contributed by atoms with E-state index in [-0.39, 0.29) is 11.4 Å². The molecule has 0 atom stereocenters. The minimum Gasteiger partial charge on any atom is -0.478 e. The van der Waals surface area contributed by atoms with Gasteiger partial charge in [-0.05, 0) is 23.6 Å². The zero-order valence-electron chi connectivity index (χ0n) is 10.3. The molecular formula is C15H14N2O2. The van der Waals surface area contributed by atoms with Crippen molar-refractivity contribution in [3.8, 4) is 11.1 Å².